The van der Waals surface area contributed by atoms with Gasteiger partial charge < -0.3 is 20.1 Å². The lowest BCUT2D eigenvalue weighted by atomic mass is 9.85. The van der Waals surface area contributed by atoms with Crippen LogP contribution in [-0.2, 0) is 9.53 Å². The minimum absolute atomic E-state index is 0.00974. The van der Waals surface area contributed by atoms with Gasteiger partial charge in [0.05, 0.1) is 22.3 Å². The maximum absolute atomic E-state index is 12.7. The molecule has 2 aromatic rings. The van der Waals surface area contributed by atoms with Crippen LogP contribution in [0.15, 0.2) is 36.4 Å². The van der Waals surface area contributed by atoms with Crippen molar-refractivity contribution in [1.29, 1.82) is 0 Å². The third-order valence-electron chi connectivity index (χ3n) is 4.70. The summed E-state index contributed by atoms with van der Waals surface area (Å²) in [7, 11) is 1.58. The average Bonchev–Trinajstić information content (AvgIpc) is 2.64. The fourth-order valence-corrected chi connectivity index (χ4v) is 3.11. The molecule has 2 amide bonds. The van der Waals surface area contributed by atoms with E-state index in [1.807, 2.05) is 0 Å². The van der Waals surface area contributed by atoms with Crippen molar-refractivity contribution in [2.24, 2.45) is 5.92 Å². The summed E-state index contributed by atoms with van der Waals surface area (Å²) in [6, 6.07) is 9.74. The van der Waals surface area contributed by atoms with E-state index in [9.17, 15) is 9.59 Å². The predicted octanol–water partition coefficient (Wildman–Crippen LogP) is 5.01. The van der Waals surface area contributed by atoms with Gasteiger partial charge in [-0.15, -0.1) is 0 Å². The highest BCUT2D eigenvalue weighted by Crippen LogP contribution is 2.31. The highest BCUT2D eigenvalue weighted by atomic mass is 35.5. The van der Waals surface area contributed by atoms with Crippen molar-refractivity contribution in [3.63, 3.8) is 0 Å². The molecule has 1 saturated carbocycles. The molecular weight excluding hydrogens is 415 g/mol. The zero-order valence-electron chi connectivity index (χ0n) is 16.0. The van der Waals surface area contributed by atoms with Crippen molar-refractivity contribution in [3.05, 3.63) is 52.0 Å². The first kappa shape index (κ1) is 21.4. The first-order valence-electron chi connectivity index (χ1n) is 9.31. The number of anilines is 2. The maximum atomic E-state index is 12.7. The summed E-state index contributed by atoms with van der Waals surface area (Å²) in [5.41, 5.74) is 1.35. The van der Waals surface area contributed by atoms with E-state index >= 15 is 0 Å². The van der Waals surface area contributed by atoms with E-state index in [1.54, 1.807) is 43.5 Å². The number of methoxy groups -OCH3 is 1. The lowest BCUT2D eigenvalue weighted by molar-refractivity contribution is -0.122. The fraction of sp³-hybridized carbons (Fsp3) is 0.333. The van der Waals surface area contributed by atoms with Crippen LogP contribution in [0.25, 0.3) is 0 Å². The fourth-order valence-electron chi connectivity index (χ4n) is 2.81. The Kier molecular flexibility index (Phi) is 7.36. The lowest BCUT2D eigenvalue weighted by Crippen LogP contribution is -2.28. The summed E-state index contributed by atoms with van der Waals surface area (Å²) < 4.78 is 10.7. The van der Waals surface area contributed by atoms with Crippen LogP contribution in [-0.4, -0.2) is 32.1 Å². The molecule has 6 nitrogen and oxygen atoms in total. The summed E-state index contributed by atoms with van der Waals surface area (Å²) in [6.45, 7) is 0.743. The van der Waals surface area contributed by atoms with Crippen molar-refractivity contribution in [2.45, 2.75) is 19.3 Å². The van der Waals surface area contributed by atoms with Crippen LogP contribution in [0, 0.1) is 5.92 Å². The number of amides is 2. The second-order valence-corrected chi connectivity index (χ2v) is 7.57. The lowest BCUT2D eigenvalue weighted by Gasteiger charge is -2.24. The van der Waals surface area contributed by atoms with Crippen LogP contribution in [0.2, 0.25) is 10.0 Å². The molecule has 3 rings (SSSR count). The molecule has 0 atom stereocenters. The van der Waals surface area contributed by atoms with Gasteiger partial charge in [-0.2, -0.15) is 0 Å². The normalized spacial score (nSPS) is 13.5. The van der Waals surface area contributed by atoms with E-state index < -0.39 is 0 Å². The number of carbonyl (C=O) groups excluding carboxylic acids is 2. The van der Waals surface area contributed by atoms with Crippen LogP contribution in [0.1, 0.15) is 29.6 Å². The Bertz CT molecular complexity index is 900. The summed E-state index contributed by atoms with van der Waals surface area (Å²) in [6.07, 6.45) is 2.81. The number of benzene rings is 2. The Morgan fingerprint density at radius 3 is 2.48 bits per heavy atom. The second kappa shape index (κ2) is 9.96. The van der Waals surface area contributed by atoms with Gasteiger partial charge in [-0.05, 0) is 49.2 Å². The number of hydrogen-bond donors (Lipinski definition) is 2. The molecule has 8 heteroatoms. The Hall–Kier alpha value is -2.28. The third-order valence-corrected chi connectivity index (χ3v) is 5.44. The first-order chi connectivity index (χ1) is 14.0. The van der Waals surface area contributed by atoms with Gasteiger partial charge >= 0.3 is 0 Å². The Labute approximate surface area is 179 Å². The van der Waals surface area contributed by atoms with Gasteiger partial charge in [0.25, 0.3) is 5.91 Å². The van der Waals surface area contributed by atoms with Crippen LogP contribution in [0.4, 0.5) is 11.4 Å². The smallest absolute Gasteiger partial charge is 0.255 e. The van der Waals surface area contributed by atoms with Crippen LogP contribution >= 0.6 is 23.2 Å². The molecule has 0 aromatic heterocycles. The molecule has 1 aliphatic carbocycles. The van der Waals surface area contributed by atoms with Crippen molar-refractivity contribution in [1.82, 2.24) is 0 Å². The van der Waals surface area contributed by atoms with Crippen LogP contribution < -0.4 is 15.4 Å². The molecular formula is C21H22Cl2N2O4. The van der Waals surface area contributed by atoms with Gasteiger partial charge in [-0.3, -0.25) is 9.59 Å². The highest BCUT2D eigenvalue weighted by molar-refractivity contribution is 6.42. The van der Waals surface area contributed by atoms with Gasteiger partial charge in [-0.1, -0.05) is 29.6 Å². The summed E-state index contributed by atoms with van der Waals surface area (Å²) in [5, 5.41) is 6.41. The molecule has 0 saturated heterocycles. The number of ether oxygens (including phenoxy) is 2. The molecule has 0 aliphatic heterocycles. The van der Waals surface area contributed by atoms with Crippen LogP contribution in [0.3, 0.4) is 0 Å². The van der Waals surface area contributed by atoms with E-state index in [2.05, 4.69) is 10.6 Å². The molecule has 0 spiro atoms. The van der Waals surface area contributed by atoms with Crippen molar-refractivity contribution < 1.29 is 19.1 Å². The van der Waals surface area contributed by atoms with Crippen molar-refractivity contribution in [3.8, 4) is 5.75 Å². The average molecular weight is 437 g/mol. The van der Waals surface area contributed by atoms with Gasteiger partial charge in [0, 0.05) is 24.3 Å². The molecule has 2 aromatic carbocycles. The minimum Gasteiger partial charge on any atom is -0.489 e. The van der Waals surface area contributed by atoms with Crippen molar-refractivity contribution >= 4 is 46.4 Å². The molecule has 1 fully saturated rings. The zero-order valence-corrected chi connectivity index (χ0v) is 17.5. The summed E-state index contributed by atoms with van der Waals surface area (Å²) in [5.74, 6) is 0.0946. The Morgan fingerprint density at radius 2 is 1.83 bits per heavy atom. The predicted molar refractivity (Wildman–Crippen MR) is 114 cm³/mol. The second-order valence-electron chi connectivity index (χ2n) is 6.75. The highest BCUT2D eigenvalue weighted by Gasteiger charge is 2.26. The van der Waals surface area contributed by atoms with Gasteiger partial charge in [0.2, 0.25) is 5.91 Å². The number of hydrogen-bond acceptors (Lipinski definition) is 4. The molecule has 154 valence electrons. The quantitative estimate of drug-likeness (QED) is 0.570. The topological polar surface area (TPSA) is 76.7 Å². The standard InChI is InChI=1S/C21H22Cl2N2O4/c1-28-9-10-29-19-8-5-14(11-18(19)25-20(26)13-3-2-4-13)21(27)24-15-6-7-16(22)17(23)12-15/h5-8,11-13H,2-4,9-10H2,1H3,(H,24,27)(H,25,26). The summed E-state index contributed by atoms with van der Waals surface area (Å²) in [4.78, 5) is 25.1. The Morgan fingerprint density at radius 1 is 1.03 bits per heavy atom. The number of rotatable bonds is 8. The number of halogens is 2. The maximum Gasteiger partial charge on any atom is 0.255 e. The SMILES string of the molecule is COCCOc1ccc(C(=O)Nc2ccc(Cl)c(Cl)c2)cc1NC(=O)C1CCC1. The molecule has 0 radical (unpaired) electrons. The molecule has 0 heterocycles. The van der Waals surface area contributed by atoms with Gasteiger partial charge in [-0.25, -0.2) is 0 Å². The van der Waals surface area contributed by atoms with Crippen molar-refractivity contribution in [2.75, 3.05) is 31.0 Å². The molecule has 0 bridgehead atoms. The van der Waals surface area contributed by atoms with Gasteiger partial charge in [0.15, 0.2) is 0 Å². The Balaban J connectivity index is 1.78. The van der Waals surface area contributed by atoms with E-state index in [4.69, 9.17) is 32.7 Å². The van der Waals surface area contributed by atoms with E-state index in [-0.39, 0.29) is 17.7 Å². The van der Waals surface area contributed by atoms with E-state index in [0.29, 0.717) is 45.9 Å². The van der Waals surface area contributed by atoms with Crippen LogP contribution in [0.5, 0.6) is 5.75 Å². The molecule has 2 N–H and O–H groups in total. The first-order valence-corrected chi connectivity index (χ1v) is 10.1. The number of carbonyl (C=O) groups is 2. The largest absolute Gasteiger partial charge is 0.489 e. The van der Waals surface area contributed by atoms with E-state index in [0.717, 1.165) is 19.3 Å². The molecule has 29 heavy (non-hydrogen) atoms. The minimum atomic E-state index is -0.342. The monoisotopic (exact) mass is 436 g/mol. The zero-order chi connectivity index (χ0) is 20.8. The van der Waals surface area contributed by atoms with E-state index in [1.165, 1.54) is 0 Å². The number of nitrogens with one attached hydrogen (secondary N) is 2. The van der Waals surface area contributed by atoms with Gasteiger partial charge in [0.1, 0.15) is 12.4 Å². The third kappa shape index (κ3) is 5.63. The summed E-state index contributed by atoms with van der Waals surface area (Å²) >= 11 is 11.9. The molecule has 0 unspecified atom stereocenters. The molecule has 1 aliphatic rings.